The van der Waals surface area contributed by atoms with E-state index in [1.165, 1.54) is 5.56 Å². The smallest absolute Gasteiger partial charge is 0.133 e. The predicted octanol–water partition coefficient (Wildman–Crippen LogP) is 1.42. The Morgan fingerprint density at radius 3 is 3.24 bits per heavy atom. The third kappa shape index (κ3) is 3.41. The molecular weight excluding hydrogens is 214 g/mol. The van der Waals surface area contributed by atoms with Crippen molar-refractivity contribution in [3.05, 3.63) is 23.9 Å². The van der Waals surface area contributed by atoms with Crippen molar-refractivity contribution in [2.45, 2.75) is 19.9 Å². The number of hydrogen-bond donors (Lipinski definition) is 1. The maximum atomic E-state index is 5.48. The standard InChI is InChI=1S/C13H21N3O/c1-2-14-11-12-5-3-6-15-13(12)16-7-4-9-17-10-8-16/h3,5-6,14H,2,4,7-11H2,1H3. The van der Waals surface area contributed by atoms with Crippen molar-refractivity contribution < 1.29 is 4.74 Å². The summed E-state index contributed by atoms with van der Waals surface area (Å²) in [5, 5.41) is 3.36. The van der Waals surface area contributed by atoms with Crippen molar-refractivity contribution in [1.29, 1.82) is 0 Å². The number of anilines is 1. The lowest BCUT2D eigenvalue weighted by molar-refractivity contribution is 0.152. The molecule has 1 fully saturated rings. The molecule has 0 spiro atoms. The van der Waals surface area contributed by atoms with Crippen molar-refractivity contribution in [3.63, 3.8) is 0 Å². The zero-order valence-corrected chi connectivity index (χ0v) is 10.5. The van der Waals surface area contributed by atoms with Crippen LogP contribution in [0.3, 0.4) is 0 Å². The molecule has 0 radical (unpaired) electrons. The first-order valence-electron chi connectivity index (χ1n) is 6.39. The van der Waals surface area contributed by atoms with Crippen molar-refractivity contribution >= 4 is 5.82 Å². The van der Waals surface area contributed by atoms with Gasteiger partial charge in [-0.15, -0.1) is 0 Å². The van der Waals surface area contributed by atoms with Gasteiger partial charge in [0.1, 0.15) is 5.82 Å². The Balaban J connectivity index is 2.11. The number of nitrogens with zero attached hydrogens (tertiary/aromatic N) is 2. The van der Waals surface area contributed by atoms with Crippen LogP contribution in [0.25, 0.3) is 0 Å². The molecule has 0 unspecified atom stereocenters. The Morgan fingerprint density at radius 1 is 1.41 bits per heavy atom. The summed E-state index contributed by atoms with van der Waals surface area (Å²) in [5.41, 5.74) is 1.27. The van der Waals surface area contributed by atoms with Gasteiger partial charge in [0.25, 0.3) is 0 Å². The Morgan fingerprint density at radius 2 is 2.35 bits per heavy atom. The van der Waals surface area contributed by atoms with Crippen LogP contribution in [0.1, 0.15) is 18.9 Å². The van der Waals surface area contributed by atoms with E-state index < -0.39 is 0 Å². The van der Waals surface area contributed by atoms with Gasteiger partial charge in [0.2, 0.25) is 0 Å². The van der Waals surface area contributed by atoms with Gasteiger partial charge in [0.15, 0.2) is 0 Å². The van der Waals surface area contributed by atoms with Crippen molar-refractivity contribution in [2.24, 2.45) is 0 Å². The van der Waals surface area contributed by atoms with E-state index >= 15 is 0 Å². The highest BCUT2D eigenvalue weighted by molar-refractivity contribution is 5.46. The van der Waals surface area contributed by atoms with E-state index in [4.69, 9.17) is 4.74 Å². The van der Waals surface area contributed by atoms with Gasteiger partial charge in [0, 0.05) is 38.0 Å². The first-order valence-corrected chi connectivity index (χ1v) is 6.39. The summed E-state index contributed by atoms with van der Waals surface area (Å²) in [6.45, 7) is 7.64. The maximum absolute atomic E-state index is 5.48. The fraction of sp³-hybridized carbons (Fsp3) is 0.615. The van der Waals surface area contributed by atoms with E-state index in [1.54, 1.807) is 0 Å². The van der Waals surface area contributed by atoms with Crippen molar-refractivity contribution in [2.75, 3.05) is 37.7 Å². The molecular formula is C13H21N3O. The van der Waals surface area contributed by atoms with E-state index in [2.05, 4.69) is 28.2 Å². The summed E-state index contributed by atoms with van der Waals surface area (Å²) in [6.07, 6.45) is 2.95. The van der Waals surface area contributed by atoms with E-state index in [9.17, 15) is 0 Å². The SMILES string of the molecule is CCNCc1cccnc1N1CCCOCC1. The Kier molecular flexibility index (Phi) is 4.76. The Bertz CT molecular complexity index is 335. The molecule has 94 valence electrons. The third-order valence-electron chi connectivity index (χ3n) is 2.95. The predicted molar refractivity (Wildman–Crippen MR) is 69.3 cm³/mol. The largest absolute Gasteiger partial charge is 0.380 e. The summed E-state index contributed by atoms with van der Waals surface area (Å²) < 4.78 is 5.48. The maximum Gasteiger partial charge on any atom is 0.133 e. The quantitative estimate of drug-likeness (QED) is 0.856. The molecule has 1 N–H and O–H groups in total. The average molecular weight is 235 g/mol. The molecule has 0 aromatic carbocycles. The molecule has 1 aromatic rings. The molecule has 0 aliphatic carbocycles. The van der Waals surface area contributed by atoms with Crippen LogP contribution >= 0.6 is 0 Å². The minimum absolute atomic E-state index is 0.803. The van der Waals surface area contributed by atoms with Gasteiger partial charge in [-0.1, -0.05) is 13.0 Å². The van der Waals surface area contributed by atoms with E-state index in [1.807, 2.05) is 12.3 Å². The van der Waals surface area contributed by atoms with Gasteiger partial charge in [0.05, 0.1) is 6.61 Å². The molecule has 1 aliphatic rings. The van der Waals surface area contributed by atoms with Gasteiger partial charge >= 0.3 is 0 Å². The van der Waals surface area contributed by atoms with Crippen LogP contribution in [-0.2, 0) is 11.3 Å². The lowest BCUT2D eigenvalue weighted by Gasteiger charge is -2.23. The lowest BCUT2D eigenvalue weighted by Crippen LogP contribution is -2.28. The second-order valence-electron chi connectivity index (χ2n) is 4.22. The number of nitrogens with one attached hydrogen (secondary N) is 1. The van der Waals surface area contributed by atoms with Crippen LogP contribution in [0.4, 0.5) is 5.82 Å². The molecule has 4 heteroatoms. The molecule has 0 saturated carbocycles. The van der Waals surface area contributed by atoms with E-state index in [0.29, 0.717) is 0 Å². The molecule has 2 heterocycles. The monoisotopic (exact) mass is 235 g/mol. The van der Waals surface area contributed by atoms with Crippen LogP contribution < -0.4 is 10.2 Å². The zero-order chi connectivity index (χ0) is 11.9. The number of rotatable bonds is 4. The first kappa shape index (κ1) is 12.3. The molecule has 1 aromatic heterocycles. The highest BCUT2D eigenvalue weighted by atomic mass is 16.5. The number of aromatic nitrogens is 1. The highest BCUT2D eigenvalue weighted by Gasteiger charge is 2.14. The van der Waals surface area contributed by atoms with Gasteiger partial charge in [-0.2, -0.15) is 0 Å². The van der Waals surface area contributed by atoms with Gasteiger partial charge in [-0.3, -0.25) is 0 Å². The molecule has 1 aliphatic heterocycles. The molecule has 1 saturated heterocycles. The van der Waals surface area contributed by atoms with Crippen molar-refractivity contribution in [3.8, 4) is 0 Å². The summed E-state index contributed by atoms with van der Waals surface area (Å²) in [4.78, 5) is 6.86. The second-order valence-corrected chi connectivity index (χ2v) is 4.22. The van der Waals surface area contributed by atoms with Crippen LogP contribution in [0.2, 0.25) is 0 Å². The first-order chi connectivity index (χ1) is 8.42. The number of pyridine rings is 1. The van der Waals surface area contributed by atoms with Gasteiger partial charge in [-0.05, 0) is 19.0 Å². The summed E-state index contributed by atoms with van der Waals surface area (Å²) >= 11 is 0. The second kappa shape index (κ2) is 6.57. The highest BCUT2D eigenvalue weighted by Crippen LogP contribution is 2.18. The lowest BCUT2D eigenvalue weighted by atomic mass is 10.2. The van der Waals surface area contributed by atoms with Crippen molar-refractivity contribution in [1.82, 2.24) is 10.3 Å². The van der Waals surface area contributed by atoms with Gasteiger partial charge < -0.3 is 15.0 Å². The van der Waals surface area contributed by atoms with Gasteiger partial charge in [-0.25, -0.2) is 4.98 Å². The molecule has 0 atom stereocenters. The fourth-order valence-corrected chi connectivity index (χ4v) is 2.07. The van der Waals surface area contributed by atoms with Crippen LogP contribution in [0.15, 0.2) is 18.3 Å². The zero-order valence-electron chi connectivity index (χ0n) is 10.5. The molecule has 17 heavy (non-hydrogen) atoms. The topological polar surface area (TPSA) is 37.4 Å². The number of hydrogen-bond acceptors (Lipinski definition) is 4. The molecule has 0 amide bonds. The number of ether oxygens (including phenoxy) is 1. The summed E-state index contributed by atoms with van der Waals surface area (Å²) in [7, 11) is 0. The van der Waals surface area contributed by atoms with Crippen LogP contribution in [0.5, 0.6) is 0 Å². The fourth-order valence-electron chi connectivity index (χ4n) is 2.07. The summed E-state index contributed by atoms with van der Waals surface area (Å²) in [6, 6.07) is 4.15. The van der Waals surface area contributed by atoms with Crippen LogP contribution in [-0.4, -0.2) is 37.8 Å². The third-order valence-corrected chi connectivity index (χ3v) is 2.95. The Labute approximate surface area is 103 Å². The normalized spacial score (nSPS) is 16.9. The van der Waals surface area contributed by atoms with E-state index in [0.717, 1.165) is 51.6 Å². The molecule has 0 bridgehead atoms. The molecule has 4 nitrogen and oxygen atoms in total. The molecule has 2 rings (SSSR count). The van der Waals surface area contributed by atoms with Crippen LogP contribution in [0, 0.1) is 0 Å². The Hall–Kier alpha value is -1.13. The minimum atomic E-state index is 0.803. The summed E-state index contributed by atoms with van der Waals surface area (Å²) in [5.74, 6) is 1.11. The average Bonchev–Trinajstić information content (AvgIpc) is 2.65. The van der Waals surface area contributed by atoms with E-state index in [-0.39, 0.29) is 0 Å². The minimum Gasteiger partial charge on any atom is -0.380 e.